The molecule has 10 heteroatoms. The van der Waals surface area contributed by atoms with Crippen molar-refractivity contribution in [3.05, 3.63) is 41.8 Å². The van der Waals surface area contributed by atoms with Gasteiger partial charge < -0.3 is 18.6 Å². The fraction of sp³-hybridized carbons (Fsp3) is 0.630. The summed E-state index contributed by atoms with van der Waals surface area (Å²) in [6.45, 7) is 12.7. The van der Waals surface area contributed by atoms with Crippen LogP contribution < -0.4 is 0 Å². The fourth-order valence-electron chi connectivity index (χ4n) is 5.19. The van der Waals surface area contributed by atoms with E-state index in [0.717, 1.165) is 65.7 Å². The minimum Gasteiger partial charge on any atom is -0.372 e. The number of hydrogen-bond acceptors (Lipinski definition) is 7. The number of ether oxygens (including phenoxy) is 2. The topological polar surface area (TPSA) is 92.5 Å². The lowest BCUT2D eigenvalue weighted by Gasteiger charge is -2.18. The van der Waals surface area contributed by atoms with Gasteiger partial charge in [-0.1, -0.05) is 18.5 Å². The third-order valence-electron chi connectivity index (χ3n) is 7.63. The van der Waals surface area contributed by atoms with Gasteiger partial charge in [0.15, 0.2) is 11.3 Å². The Morgan fingerprint density at radius 1 is 1.22 bits per heavy atom. The van der Waals surface area contributed by atoms with Crippen molar-refractivity contribution in [2.75, 3.05) is 18.6 Å². The van der Waals surface area contributed by atoms with Crippen molar-refractivity contribution in [3.8, 4) is 0 Å². The molecular formula is C27H39N6O3S+. The summed E-state index contributed by atoms with van der Waals surface area (Å²) in [5.41, 5.74) is 3.52. The number of aryl methyl sites for hydroxylation is 1. The first-order valence-electron chi connectivity index (χ1n) is 13.2. The smallest absolute Gasteiger partial charge is 0.179 e. The van der Waals surface area contributed by atoms with Crippen LogP contribution in [-0.2, 0) is 33.7 Å². The maximum Gasteiger partial charge on any atom is 0.179 e. The Bertz CT molecular complexity index is 1340. The van der Waals surface area contributed by atoms with Crippen LogP contribution in [0.4, 0.5) is 0 Å². The summed E-state index contributed by atoms with van der Waals surface area (Å²) >= 11 is 0. The molecule has 4 atom stereocenters. The third kappa shape index (κ3) is 5.56. The maximum atomic E-state index is 6.25. The maximum absolute atomic E-state index is 6.25. The highest BCUT2D eigenvalue weighted by Crippen LogP contribution is 2.43. The molecule has 4 aromatic heterocycles. The van der Waals surface area contributed by atoms with Crippen LogP contribution in [0, 0.1) is 12.8 Å². The molecule has 1 fully saturated rings. The number of rotatable bonds is 10. The van der Waals surface area contributed by atoms with Crippen LogP contribution >= 0.6 is 0 Å². The zero-order valence-corrected chi connectivity index (χ0v) is 23.6. The van der Waals surface area contributed by atoms with E-state index in [9.17, 15) is 0 Å². The molecule has 0 bridgehead atoms. The van der Waals surface area contributed by atoms with Gasteiger partial charge in [-0.05, 0) is 63.4 Å². The Balaban J connectivity index is 1.31. The van der Waals surface area contributed by atoms with Gasteiger partial charge in [0.25, 0.3) is 0 Å². The van der Waals surface area contributed by atoms with E-state index in [1.54, 1.807) is 0 Å². The van der Waals surface area contributed by atoms with Gasteiger partial charge in [0.2, 0.25) is 0 Å². The summed E-state index contributed by atoms with van der Waals surface area (Å²) in [6, 6.07) is 4.03. The van der Waals surface area contributed by atoms with Crippen molar-refractivity contribution in [1.29, 1.82) is 0 Å². The lowest BCUT2D eigenvalue weighted by Crippen LogP contribution is -2.31. The van der Waals surface area contributed by atoms with Gasteiger partial charge in [-0.2, -0.15) is 0 Å². The molecule has 4 aromatic rings. The van der Waals surface area contributed by atoms with Gasteiger partial charge in [0.1, 0.15) is 34.5 Å². The Labute approximate surface area is 221 Å². The molecule has 1 aliphatic rings. The molecule has 0 amide bonds. The fourth-order valence-corrected chi connectivity index (χ4v) is 6.17. The highest BCUT2D eigenvalue weighted by Gasteiger charge is 2.38. The molecule has 0 N–H and O–H groups in total. The molecule has 4 unspecified atom stereocenters. The Hall–Kier alpha value is -2.43. The van der Waals surface area contributed by atoms with E-state index in [4.69, 9.17) is 19.0 Å². The molecule has 0 spiro atoms. The largest absolute Gasteiger partial charge is 0.372 e. The minimum atomic E-state index is 0.158. The summed E-state index contributed by atoms with van der Waals surface area (Å²) in [5.74, 6) is 3.62. The first-order chi connectivity index (χ1) is 17.7. The predicted octanol–water partition coefficient (Wildman–Crippen LogP) is 4.89. The standard InChI is InChI=1S/C27H39N6O3S/c1-7-19-13-21(35-16-20-12-18(2)36-31-20)14-22(19)25-30-29-24-15-28-26-23(33(24)25)8-9-32(26)17-34-10-11-37(6)27(3,4)5/h8-9,12,15,19,21-22H,7,10-11,13-14,16-17H2,1-6H3/q+1. The number of hydrogen-bond donors (Lipinski definition) is 0. The van der Waals surface area contributed by atoms with Crippen molar-refractivity contribution in [2.45, 2.75) is 84.0 Å². The van der Waals surface area contributed by atoms with Crippen LogP contribution in [0.5, 0.6) is 0 Å². The molecule has 0 saturated heterocycles. The van der Waals surface area contributed by atoms with E-state index in [0.29, 0.717) is 34.9 Å². The van der Waals surface area contributed by atoms with Crippen LogP contribution in [0.15, 0.2) is 29.0 Å². The Kier molecular flexibility index (Phi) is 7.60. The van der Waals surface area contributed by atoms with Crippen LogP contribution in [0.3, 0.4) is 0 Å². The van der Waals surface area contributed by atoms with Gasteiger partial charge >= 0.3 is 0 Å². The normalized spacial score (nSPS) is 21.4. The summed E-state index contributed by atoms with van der Waals surface area (Å²) in [6.07, 6.45) is 9.33. The van der Waals surface area contributed by atoms with E-state index >= 15 is 0 Å². The van der Waals surface area contributed by atoms with Crippen molar-refractivity contribution in [3.63, 3.8) is 0 Å². The average Bonchev–Trinajstić information content (AvgIpc) is 3.64. The Morgan fingerprint density at radius 2 is 2.05 bits per heavy atom. The third-order valence-corrected chi connectivity index (χ3v) is 10.5. The highest BCUT2D eigenvalue weighted by molar-refractivity contribution is 7.97. The molecule has 1 aliphatic carbocycles. The zero-order valence-electron chi connectivity index (χ0n) is 22.8. The van der Waals surface area contributed by atoms with E-state index in [1.165, 1.54) is 0 Å². The summed E-state index contributed by atoms with van der Waals surface area (Å²) in [5, 5.41) is 13.2. The predicted molar refractivity (Wildman–Crippen MR) is 146 cm³/mol. The van der Waals surface area contributed by atoms with Crippen LogP contribution in [-0.4, -0.2) is 58.8 Å². The monoisotopic (exact) mass is 527 g/mol. The molecule has 0 radical (unpaired) electrons. The van der Waals surface area contributed by atoms with Crippen LogP contribution in [0.1, 0.15) is 70.2 Å². The van der Waals surface area contributed by atoms with Crippen LogP contribution in [0.2, 0.25) is 0 Å². The first-order valence-corrected chi connectivity index (χ1v) is 15.0. The van der Waals surface area contributed by atoms with Gasteiger partial charge in [0.05, 0.1) is 37.3 Å². The average molecular weight is 528 g/mol. The van der Waals surface area contributed by atoms with Crippen molar-refractivity contribution in [1.82, 2.24) is 29.3 Å². The molecule has 5 rings (SSSR count). The second-order valence-corrected chi connectivity index (χ2v) is 14.0. The summed E-state index contributed by atoms with van der Waals surface area (Å²) in [4.78, 5) is 4.70. The quantitative estimate of drug-likeness (QED) is 0.214. The van der Waals surface area contributed by atoms with E-state index in [-0.39, 0.29) is 12.0 Å². The molecule has 0 aromatic carbocycles. The second-order valence-electron chi connectivity index (χ2n) is 11.1. The first kappa shape index (κ1) is 26.2. The van der Waals surface area contributed by atoms with Crippen molar-refractivity contribution < 1.29 is 14.0 Å². The van der Waals surface area contributed by atoms with E-state index < -0.39 is 0 Å². The van der Waals surface area contributed by atoms with Gasteiger partial charge in [-0.3, -0.25) is 4.40 Å². The van der Waals surface area contributed by atoms with Crippen molar-refractivity contribution in [2.24, 2.45) is 5.92 Å². The molecule has 37 heavy (non-hydrogen) atoms. The number of fused-ring (bicyclic) bond motifs is 3. The number of aromatic nitrogens is 6. The molecule has 4 heterocycles. The molecule has 200 valence electrons. The number of nitrogens with zero attached hydrogens (tertiary/aromatic N) is 6. The SMILES string of the molecule is CCC1CC(OCc2cc(C)on2)CC1c1nnc2cnc3c(ccn3COCC[S+](C)C(C)(C)C)n12. The summed E-state index contributed by atoms with van der Waals surface area (Å²) in [7, 11) is 0.311. The zero-order chi connectivity index (χ0) is 26.2. The molecular weight excluding hydrogens is 488 g/mol. The van der Waals surface area contributed by atoms with Gasteiger partial charge in [-0.15, -0.1) is 10.2 Å². The van der Waals surface area contributed by atoms with E-state index in [1.807, 2.05) is 25.4 Å². The lowest BCUT2D eigenvalue weighted by molar-refractivity contribution is 0.0390. The van der Waals surface area contributed by atoms with Gasteiger partial charge in [-0.25, -0.2) is 4.98 Å². The highest BCUT2D eigenvalue weighted by atomic mass is 32.2. The lowest BCUT2D eigenvalue weighted by atomic mass is 9.93. The molecule has 9 nitrogen and oxygen atoms in total. The molecule has 1 saturated carbocycles. The Morgan fingerprint density at radius 3 is 2.78 bits per heavy atom. The minimum absolute atomic E-state index is 0.158. The second kappa shape index (κ2) is 10.7. The van der Waals surface area contributed by atoms with Crippen molar-refractivity contribution >= 4 is 27.7 Å². The summed E-state index contributed by atoms with van der Waals surface area (Å²) < 4.78 is 22.0. The van der Waals surface area contributed by atoms with Crippen LogP contribution in [0.25, 0.3) is 16.8 Å². The van der Waals surface area contributed by atoms with E-state index in [2.05, 4.69) is 64.3 Å². The molecule has 0 aliphatic heterocycles. The van der Waals surface area contributed by atoms with Gasteiger partial charge in [0, 0.05) is 18.2 Å².